The number of sulfonamides is 1. The minimum atomic E-state index is -4.10. The van der Waals surface area contributed by atoms with Crippen molar-refractivity contribution in [1.82, 2.24) is 0 Å². The smallest absolute Gasteiger partial charge is 0.261 e. The number of nitrogens with zero attached hydrogens (tertiary/aromatic N) is 3. The molecule has 0 aliphatic carbocycles. The van der Waals surface area contributed by atoms with Crippen LogP contribution in [0.1, 0.15) is 12.5 Å². The molecule has 39 heavy (non-hydrogen) atoms. The molecule has 0 radical (unpaired) electrons. The molecule has 14 heteroatoms. The number of carbonyl (C=O) groups excluding carboxylic acids is 1. The fraction of sp³-hybridized carbons (Fsp3) is 0.0400. The average Bonchev–Trinajstić information content (AvgIpc) is 2.89. The van der Waals surface area contributed by atoms with E-state index in [4.69, 9.17) is 10.7 Å². The van der Waals surface area contributed by atoms with Crippen molar-refractivity contribution in [2.75, 3.05) is 10.0 Å². The largest absolute Gasteiger partial charge is 0.505 e. The van der Waals surface area contributed by atoms with E-state index < -0.39 is 25.0 Å². The molecule has 198 valence electrons. The number of hydrogen-bond acceptors (Lipinski definition) is 9. The van der Waals surface area contributed by atoms with E-state index in [-0.39, 0.29) is 54.6 Å². The zero-order valence-corrected chi connectivity index (χ0v) is 22.3. The third-order valence-corrected chi connectivity index (χ3v) is 8.09. The molecule has 4 rings (SSSR count). The van der Waals surface area contributed by atoms with E-state index in [2.05, 4.69) is 20.3 Å². The van der Waals surface area contributed by atoms with E-state index in [0.717, 1.165) is 12.1 Å². The summed E-state index contributed by atoms with van der Waals surface area (Å²) in [6.07, 6.45) is 0. The van der Waals surface area contributed by atoms with Crippen molar-refractivity contribution in [1.29, 1.82) is 5.26 Å². The summed E-state index contributed by atoms with van der Waals surface area (Å²) in [7, 11) is -2.79. The van der Waals surface area contributed by atoms with Gasteiger partial charge in [0.15, 0.2) is 0 Å². The summed E-state index contributed by atoms with van der Waals surface area (Å²) in [5.74, 6) is -0.826. The highest BCUT2D eigenvalue weighted by Crippen LogP contribution is 2.44. The Morgan fingerprint density at radius 1 is 0.897 bits per heavy atom. The van der Waals surface area contributed by atoms with Crippen LogP contribution in [-0.4, -0.2) is 27.8 Å². The molecule has 0 bridgehead atoms. The van der Waals surface area contributed by atoms with Crippen LogP contribution in [0.15, 0.2) is 92.8 Å². The lowest BCUT2D eigenvalue weighted by molar-refractivity contribution is -0.114. The fourth-order valence-corrected chi connectivity index (χ4v) is 5.52. The molecule has 0 aromatic heterocycles. The first-order valence-electron chi connectivity index (χ1n) is 11.0. The first-order chi connectivity index (χ1) is 18.4. The molecule has 4 aromatic carbocycles. The highest BCUT2D eigenvalue weighted by molar-refractivity contribution is 8.13. The van der Waals surface area contributed by atoms with Crippen molar-refractivity contribution >= 4 is 69.2 Å². The molecule has 0 atom stereocenters. The second-order valence-electron chi connectivity index (χ2n) is 8.05. The molecular formula is C25H18ClN5O6S2. The second-order valence-corrected chi connectivity index (χ2v) is 12.3. The molecule has 0 saturated heterocycles. The van der Waals surface area contributed by atoms with Crippen LogP contribution < -0.4 is 10.0 Å². The van der Waals surface area contributed by atoms with Gasteiger partial charge in [0, 0.05) is 28.4 Å². The third kappa shape index (κ3) is 5.99. The number of aromatic hydroxyl groups is 1. The van der Waals surface area contributed by atoms with Gasteiger partial charge in [0.25, 0.3) is 19.1 Å². The van der Waals surface area contributed by atoms with Crippen molar-refractivity contribution in [3.63, 3.8) is 0 Å². The summed E-state index contributed by atoms with van der Waals surface area (Å²) in [4.78, 5) is 11.4. The standard InChI is InChI=1S/C25H18ClN5O6S2/c1-15(32)28-23-13-22(30-29-20-11-10-18(38(26,34)35)12-16(20)14-27)24-19(25(23)33)8-5-9-21(24)31-39(36,37)17-6-3-2-4-7-17/h2-13,31,33H,1H3,(H,28,32). The lowest BCUT2D eigenvalue weighted by Gasteiger charge is -2.15. The number of fused-ring (bicyclic) bond motifs is 1. The Hall–Kier alpha value is -4.51. The van der Waals surface area contributed by atoms with Gasteiger partial charge in [0.2, 0.25) is 5.91 Å². The molecule has 0 heterocycles. The first-order valence-corrected chi connectivity index (χ1v) is 14.7. The van der Waals surface area contributed by atoms with E-state index in [1.165, 1.54) is 49.4 Å². The monoisotopic (exact) mass is 583 g/mol. The highest BCUT2D eigenvalue weighted by Gasteiger charge is 2.20. The van der Waals surface area contributed by atoms with Gasteiger partial charge in [0.05, 0.1) is 32.4 Å². The average molecular weight is 584 g/mol. The minimum absolute atomic E-state index is 0.00253. The first kappa shape index (κ1) is 27.5. The molecule has 3 N–H and O–H groups in total. The van der Waals surface area contributed by atoms with Crippen LogP contribution in [0, 0.1) is 11.3 Å². The fourth-order valence-electron chi connectivity index (χ4n) is 3.65. The van der Waals surface area contributed by atoms with Crippen molar-refractivity contribution < 1.29 is 26.7 Å². The summed E-state index contributed by atoms with van der Waals surface area (Å²) in [5.41, 5.74) is -0.0899. The van der Waals surface area contributed by atoms with Gasteiger partial charge in [-0.3, -0.25) is 9.52 Å². The van der Waals surface area contributed by atoms with Crippen LogP contribution >= 0.6 is 10.7 Å². The summed E-state index contributed by atoms with van der Waals surface area (Å²) >= 11 is 0. The van der Waals surface area contributed by atoms with Gasteiger partial charge in [-0.05, 0) is 42.5 Å². The maximum atomic E-state index is 13.0. The predicted molar refractivity (Wildman–Crippen MR) is 146 cm³/mol. The van der Waals surface area contributed by atoms with Gasteiger partial charge in [-0.2, -0.15) is 5.26 Å². The Balaban J connectivity index is 1.92. The number of phenols is 1. The Kier molecular flexibility index (Phi) is 7.55. The van der Waals surface area contributed by atoms with Crippen molar-refractivity contribution in [3.05, 3.63) is 78.4 Å². The number of anilines is 2. The molecule has 0 fully saturated rings. The molecule has 0 spiro atoms. The van der Waals surface area contributed by atoms with Gasteiger partial charge in [-0.1, -0.05) is 30.3 Å². The zero-order valence-electron chi connectivity index (χ0n) is 20.0. The Morgan fingerprint density at radius 2 is 1.59 bits per heavy atom. The number of hydrogen-bond donors (Lipinski definition) is 3. The molecule has 11 nitrogen and oxygen atoms in total. The van der Waals surface area contributed by atoms with E-state index in [9.17, 15) is 32.0 Å². The van der Waals surface area contributed by atoms with Crippen molar-refractivity contribution in [3.8, 4) is 11.8 Å². The highest BCUT2D eigenvalue weighted by atomic mass is 35.7. The topological polar surface area (TPSA) is 178 Å². The molecule has 0 aliphatic rings. The number of rotatable bonds is 7. The van der Waals surface area contributed by atoms with E-state index in [1.54, 1.807) is 18.2 Å². The van der Waals surface area contributed by atoms with E-state index in [0.29, 0.717) is 0 Å². The third-order valence-electron chi connectivity index (χ3n) is 5.36. The number of azo groups is 1. The molecule has 1 amide bonds. The maximum Gasteiger partial charge on any atom is 0.261 e. The van der Waals surface area contributed by atoms with E-state index >= 15 is 0 Å². The Labute approximate surface area is 227 Å². The number of benzene rings is 4. The summed E-state index contributed by atoms with van der Waals surface area (Å²) in [5, 5.41) is 31.4. The van der Waals surface area contributed by atoms with Crippen molar-refractivity contribution in [2.45, 2.75) is 16.7 Å². The zero-order chi connectivity index (χ0) is 28.4. The van der Waals surface area contributed by atoms with Crippen LogP contribution in [0.5, 0.6) is 5.75 Å². The van der Waals surface area contributed by atoms with Crippen LogP contribution in [-0.2, 0) is 23.9 Å². The number of halogens is 1. The maximum absolute atomic E-state index is 13.0. The lowest BCUT2D eigenvalue weighted by Crippen LogP contribution is -2.13. The molecule has 0 unspecified atom stereocenters. The van der Waals surface area contributed by atoms with Crippen LogP contribution in [0.25, 0.3) is 10.8 Å². The van der Waals surface area contributed by atoms with Crippen LogP contribution in [0.4, 0.5) is 22.7 Å². The number of amides is 1. The van der Waals surface area contributed by atoms with Crippen molar-refractivity contribution in [2.24, 2.45) is 10.2 Å². The second kappa shape index (κ2) is 10.7. The van der Waals surface area contributed by atoms with Crippen LogP contribution in [0.2, 0.25) is 0 Å². The molecule has 0 aliphatic heterocycles. The Morgan fingerprint density at radius 3 is 2.23 bits per heavy atom. The quantitative estimate of drug-likeness (QED) is 0.145. The van der Waals surface area contributed by atoms with Gasteiger partial charge < -0.3 is 10.4 Å². The van der Waals surface area contributed by atoms with Gasteiger partial charge in [-0.25, -0.2) is 16.8 Å². The molecule has 0 saturated carbocycles. The summed E-state index contributed by atoms with van der Waals surface area (Å²) < 4.78 is 51.9. The number of carbonyl (C=O) groups is 1. The van der Waals surface area contributed by atoms with Gasteiger partial charge in [0.1, 0.15) is 17.5 Å². The normalized spacial score (nSPS) is 11.8. The SMILES string of the molecule is CC(=O)Nc1cc(N=Nc2ccc(S(=O)(=O)Cl)cc2C#N)c2c(NS(=O)(=O)c3ccccc3)cccc2c1O. The van der Waals surface area contributed by atoms with Gasteiger partial charge in [-0.15, -0.1) is 10.2 Å². The molecular weight excluding hydrogens is 566 g/mol. The van der Waals surface area contributed by atoms with Gasteiger partial charge >= 0.3 is 0 Å². The predicted octanol–water partition coefficient (Wildman–Crippen LogP) is 5.52. The number of nitrogens with one attached hydrogen (secondary N) is 2. The Bertz CT molecular complexity index is 1910. The summed E-state index contributed by atoms with van der Waals surface area (Å²) in [6, 6.07) is 18.6. The summed E-state index contributed by atoms with van der Waals surface area (Å²) in [6.45, 7) is 1.24. The van der Waals surface area contributed by atoms with Crippen LogP contribution in [0.3, 0.4) is 0 Å². The van der Waals surface area contributed by atoms with E-state index in [1.807, 2.05) is 6.07 Å². The molecule has 4 aromatic rings. The number of nitriles is 1. The lowest BCUT2D eigenvalue weighted by atomic mass is 10.0. The minimum Gasteiger partial charge on any atom is -0.505 e. The number of phenolic OH excluding ortho intramolecular Hbond substituents is 1.